The Morgan fingerprint density at radius 2 is 1.68 bits per heavy atom. The summed E-state index contributed by atoms with van der Waals surface area (Å²) in [5, 5.41) is 4.25. The van der Waals surface area contributed by atoms with Crippen molar-refractivity contribution in [3.05, 3.63) is 47.5 Å². The average Bonchev–Trinajstić information content (AvgIpc) is 3.47. The van der Waals surface area contributed by atoms with Crippen molar-refractivity contribution in [1.29, 1.82) is 0 Å². The fourth-order valence-electron chi connectivity index (χ4n) is 3.81. The largest absolute Gasteiger partial charge is 0.356 e. The highest BCUT2D eigenvalue weighted by molar-refractivity contribution is 5.60. The Balaban J connectivity index is 1.34. The summed E-state index contributed by atoms with van der Waals surface area (Å²) in [6.45, 7) is 6.03. The summed E-state index contributed by atoms with van der Waals surface area (Å²) in [7, 11) is 0. The van der Waals surface area contributed by atoms with Crippen LogP contribution in [0.2, 0.25) is 0 Å². The van der Waals surface area contributed by atoms with Crippen molar-refractivity contribution in [2.24, 2.45) is 0 Å². The minimum absolute atomic E-state index is 0.371. The standard InChI is InChI=1S/C21H24N6O/c1-13-14(2)23-18(15-5-9-22-10-6-15)24-20(13)27-11-7-16(8-12-27)19-25-21(28-26-19)17-3-4-17/h5-6,9-10,16-17H,3-4,7-8,11-12H2,1-2H3. The van der Waals surface area contributed by atoms with Gasteiger partial charge in [-0.1, -0.05) is 5.16 Å². The van der Waals surface area contributed by atoms with Crippen LogP contribution in [0, 0.1) is 13.8 Å². The van der Waals surface area contributed by atoms with Crippen LogP contribution in [0.15, 0.2) is 29.0 Å². The smallest absolute Gasteiger partial charge is 0.229 e. The zero-order valence-corrected chi connectivity index (χ0v) is 16.3. The van der Waals surface area contributed by atoms with E-state index in [0.717, 1.165) is 66.1 Å². The van der Waals surface area contributed by atoms with E-state index < -0.39 is 0 Å². The molecule has 0 spiro atoms. The van der Waals surface area contributed by atoms with Gasteiger partial charge in [-0.2, -0.15) is 4.98 Å². The van der Waals surface area contributed by atoms with Crippen LogP contribution in [0.3, 0.4) is 0 Å². The highest BCUT2D eigenvalue weighted by atomic mass is 16.5. The average molecular weight is 376 g/mol. The SMILES string of the molecule is Cc1nc(-c2ccncc2)nc(N2CCC(c3noc(C4CC4)n3)CC2)c1C. The lowest BCUT2D eigenvalue weighted by atomic mass is 9.96. The van der Waals surface area contributed by atoms with Gasteiger partial charge in [-0.25, -0.2) is 9.97 Å². The zero-order chi connectivity index (χ0) is 19.1. The third kappa shape index (κ3) is 3.25. The van der Waals surface area contributed by atoms with Crippen molar-refractivity contribution in [1.82, 2.24) is 25.1 Å². The van der Waals surface area contributed by atoms with Crippen LogP contribution in [-0.4, -0.2) is 38.2 Å². The third-order valence-corrected chi connectivity index (χ3v) is 5.85. The summed E-state index contributed by atoms with van der Waals surface area (Å²) in [6.07, 6.45) is 7.95. The van der Waals surface area contributed by atoms with E-state index in [1.807, 2.05) is 12.1 Å². The number of nitrogens with zero attached hydrogens (tertiary/aromatic N) is 6. The monoisotopic (exact) mass is 376 g/mol. The molecule has 4 heterocycles. The first-order valence-corrected chi connectivity index (χ1v) is 10.0. The molecule has 0 unspecified atom stereocenters. The minimum atomic E-state index is 0.371. The molecule has 0 atom stereocenters. The van der Waals surface area contributed by atoms with E-state index in [9.17, 15) is 0 Å². The van der Waals surface area contributed by atoms with Crippen LogP contribution >= 0.6 is 0 Å². The maximum absolute atomic E-state index is 5.45. The zero-order valence-electron chi connectivity index (χ0n) is 16.3. The molecule has 1 aliphatic heterocycles. The molecule has 7 nitrogen and oxygen atoms in total. The van der Waals surface area contributed by atoms with Crippen LogP contribution in [0.4, 0.5) is 5.82 Å². The third-order valence-electron chi connectivity index (χ3n) is 5.85. The van der Waals surface area contributed by atoms with Gasteiger partial charge >= 0.3 is 0 Å². The molecule has 28 heavy (non-hydrogen) atoms. The van der Waals surface area contributed by atoms with Crippen LogP contribution in [-0.2, 0) is 0 Å². The van der Waals surface area contributed by atoms with Gasteiger partial charge in [0.15, 0.2) is 11.6 Å². The number of rotatable bonds is 4. The first-order chi connectivity index (χ1) is 13.7. The maximum Gasteiger partial charge on any atom is 0.229 e. The van der Waals surface area contributed by atoms with Gasteiger partial charge in [-0.3, -0.25) is 4.98 Å². The molecule has 3 aromatic rings. The van der Waals surface area contributed by atoms with Crippen LogP contribution < -0.4 is 4.90 Å². The Hall–Kier alpha value is -2.83. The minimum Gasteiger partial charge on any atom is -0.356 e. The highest BCUT2D eigenvalue weighted by Crippen LogP contribution is 2.40. The lowest BCUT2D eigenvalue weighted by Gasteiger charge is -2.32. The van der Waals surface area contributed by atoms with Gasteiger partial charge in [-0.15, -0.1) is 0 Å². The lowest BCUT2D eigenvalue weighted by Crippen LogP contribution is -2.34. The fourth-order valence-corrected chi connectivity index (χ4v) is 3.81. The topological polar surface area (TPSA) is 80.8 Å². The number of anilines is 1. The predicted octanol–water partition coefficient (Wildman–Crippen LogP) is 3.80. The number of hydrogen-bond donors (Lipinski definition) is 0. The van der Waals surface area contributed by atoms with Crippen molar-refractivity contribution in [2.75, 3.05) is 18.0 Å². The van der Waals surface area contributed by atoms with Crippen molar-refractivity contribution in [3.63, 3.8) is 0 Å². The molecule has 1 saturated carbocycles. The second kappa shape index (κ2) is 6.96. The van der Waals surface area contributed by atoms with Crippen LogP contribution in [0.5, 0.6) is 0 Å². The summed E-state index contributed by atoms with van der Waals surface area (Å²) in [4.78, 5) is 20.7. The quantitative estimate of drug-likeness (QED) is 0.685. The molecule has 3 aromatic heterocycles. The molecule has 144 valence electrons. The van der Waals surface area contributed by atoms with Crippen molar-refractivity contribution in [3.8, 4) is 11.4 Å². The number of pyridine rings is 1. The van der Waals surface area contributed by atoms with E-state index in [1.165, 1.54) is 12.8 Å². The molecule has 0 N–H and O–H groups in total. The van der Waals surface area contributed by atoms with Crippen LogP contribution in [0.1, 0.15) is 60.5 Å². The normalized spacial score (nSPS) is 17.9. The van der Waals surface area contributed by atoms with Crippen molar-refractivity contribution in [2.45, 2.75) is 51.4 Å². The van der Waals surface area contributed by atoms with Crippen LogP contribution in [0.25, 0.3) is 11.4 Å². The van der Waals surface area contributed by atoms with E-state index in [1.54, 1.807) is 12.4 Å². The molecular formula is C21H24N6O. The Labute approximate surface area is 164 Å². The van der Waals surface area contributed by atoms with E-state index in [-0.39, 0.29) is 0 Å². The number of piperidine rings is 1. The summed E-state index contributed by atoms with van der Waals surface area (Å²) in [5.74, 6) is 4.39. The van der Waals surface area contributed by atoms with Gasteiger partial charge in [0.2, 0.25) is 5.89 Å². The highest BCUT2D eigenvalue weighted by Gasteiger charge is 2.32. The van der Waals surface area contributed by atoms with Gasteiger partial charge in [0.25, 0.3) is 0 Å². The predicted molar refractivity (Wildman–Crippen MR) is 105 cm³/mol. The van der Waals surface area contributed by atoms with Gasteiger partial charge in [0.05, 0.1) is 0 Å². The van der Waals surface area contributed by atoms with E-state index >= 15 is 0 Å². The summed E-state index contributed by atoms with van der Waals surface area (Å²) in [6, 6.07) is 3.90. The molecule has 0 bridgehead atoms. The summed E-state index contributed by atoms with van der Waals surface area (Å²) >= 11 is 0. The van der Waals surface area contributed by atoms with Crippen molar-refractivity contribution < 1.29 is 4.52 Å². The molecule has 1 saturated heterocycles. The van der Waals surface area contributed by atoms with E-state index in [2.05, 4.69) is 38.9 Å². The maximum atomic E-state index is 5.45. The molecule has 0 aromatic carbocycles. The number of aryl methyl sites for hydroxylation is 1. The molecule has 7 heteroatoms. The summed E-state index contributed by atoms with van der Waals surface area (Å²) < 4.78 is 5.45. The van der Waals surface area contributed by atoms with E-state index in [0.29, 0.717) is 11.8 Å². The van der Waals surface area contributed by atoms with Gasteiger partial charge in [-0.05, 0) is 51.7 Å². The Bertz CT molecular complexity index is 974. The van der Waals surface area contributed by atoms with Crippen molar-refractivity contribution >= 4 is 5.82 Å². The molecule has 5 rings (SSSR count). The first kappa shape index (κ1) is 17.3. The van der Waals surface area contributed by atoms with Gasteiger partial charge < -0.3 is 9.42 Å². The molecule has 2 aliphatic rings. The first-order valence-electron chi connectivity index (χ1n) is 10.0. The fraction of sp³-hybridized carbons (Fsp3) is 0.476. The number of aromatic nitrogens is 5. The van der Waals surface area contributed by atoms with Gasteiger partial charge in [0, 0.05) is 54.1 Å². The lowest BCUT2D eigenvalue weighted by molar-refractivity contribution is 0.364. The summed E-state index contributed by atoms with van der Waals surface area (Å²) in [5.41, 5.74) is 3.16. The molecular weight excluding hydrogens is 352 g/mol. The molecule has 1 aliphatic carbocycles. The second-order valence-corrected chi connectivity index (χ2v) is 7.84. The number of hydrogen-bond acceptors (Lipinski definition) is 7. The Kier molecular flexibility index (Phi) is 4.30. The molecule has 2 fully saturated rings. The Morgan fingerprint density at radius 3 is 2.39 bits per heavy atom. The second-order valence-electron chi connectivity index (χ2n) is 7.84. The molecule has 0 radical (unpaired) electrons. The molecule has 0 amide bonds. The Morgan fingerprint density at radius 1 is 0.929 bits per heavy atom. The van der Waals surface area contributed by atoms with E-state index in [4.69, 9.17) is 9.51 Å². The van der Waals surface area contributed by atoms with Gasteiger partial charge in [0.1, 0.15) is 5.82 Å².